The van der Waals surface area contributed by atoms with Crippen molar-refractivity contribution in [3.63, 3.8) is 0 Å². The number of nitrogens with zero attached hydrogens (tertiary/aromatic N) is 1. The Morgan fingerprint density at radius 3 is 2.75 bits per heavy atom. The van der Waals surface area contributed by atoms with Crippen molar-refractivity contribution < 1.29 is 4.79 Å². The maximum Gasteiger partial charge on any atom is 0.254 e. The lowest BCUT2D eigenvalue weighted by Crippen LogP contribution is -2.32. The van der Waals surface area contributed by atoms with E-state index in [4.69, 9.17) is 0 Å². The second-order valence-electron chi connectivity index (χ2n) is 5.11. The number of carbonyl (C=O) groups excluding carboxylic acids is 1. The van der Waals surface area contributed by atoms with Gasteiger partial charge in [-0.1, -0.05) is 13.8 Å². The number of hydrogen-bond donors (Lipinski definition) is 2. The Hall–Kier alpha value is -1.32. The molecule has 0 aromatic carbocycles. The number of carbonyl (C=O) groups is 1. The quantitative estimate of drug-likeness (QED) is 0.815. The van der Waals surface area contributed by atoms with E-state index in [-0.39, 0.29) is 5.91 Å². The zero-order valence-electron chi connectivity index (χ0n) is 10.1. The van der Waals surface area contributed by atoms with Crippen LogP contribution in [0.25, 0.3) is 0 Å². The minimum atomic E-state index is -0.0156. The number of aromatic nitrogens is 2. The molecule has 88 valence electrons. The summed E-state index contributed by atoms with van der Waals surface area (Å²) in [5.41, 5.74) is 1.83. The Bertz CT molecular complexity index is 391. The molecule has 1 saturated carbocycles. The van der Waals surface area contributed by atoms with Gasteiger partial charge in [0.05, 0.1) is 11.8 Å². The molecule has 16 heavy (non-hydrogen) atoms. The van der Waals surface area contributed by atoms with Gasteiger partial charge in [-0.15, -0.1) is 0 Å². The van der Waals surface area contributed by atoms with Gasteiger partial charge in [0.25, 0.3) is 5.91 Å². The van der Waals surface area contributed by atoms with E-state index in [0.29, 0.717) is 16.9 Å². The van der Waals surface area contributed by atoms with E-state index in [1.807, 2.05) is 6.92 Å². The first-order valence-electron chi connectivity index (χ1n) is 5.83. The third-order valence-electron chi connectivity index (χ3n) is 3.79. The Morgan fingerprint density at radius 1 is 1.62 bits per heavy atom. The molecular formula is C12H19N3O. The van der Waals surface area contributed by atoms with Gasteiger partial charge in [0.15, 0.2) is 0 Å². The number of aromatic amines is 1. The summed E-state index contributed by atoms with van der Waals surface area (Å²) < 4.78 is 0. The van der Waals surface area contributed by atoms with Crippen LogP contribution in [0, 0.1) is 18.3 Å². The topological polar surface area (TPSA) is 57.8 Å². The molecule has 1 fully saturated rings. The lowest BCUT2D eigenvalue weighted by atomic mass is 9.92. The molecule has 1 heterocycles. The van der Waals surface area contributed by atoms with Crippen LogP contribution in [0.2, 0.25) is 0 Å². The summed E-state index contributed by atoms with van der Waals surface area (Å²) in [5.74, 6) is 0.622. The van der Waals surface area contributed by atoms with Gasteiger partial charge >= 0.3 is 0 Å². The van der Waals surface area contributed by atoms with E-state index >= 15 is 0 Å². The standard InChI is InChI=1S/C12H19N3O/c1-8(2)12(4-5-12)7-13-11(16)10-6-14-15-9(10)3/h6,8H,4-5,7H2,1-3H3,(H,13,16)(H,14,15). The van der Waals surface area contributed by atoms with E-state index in [1.54, 1.807) is 6.20 Å². The van der Waals surface area contributed by atoms with Crippen molar-refractivity contribution in [3.8, 4) is 0 Å². The van der Waals surface area contributed by atoms with Crippen molar-refractivity contribution in [1.82, 2.24) is 15.5 Å². The molecule has 4 heteroatoms. The highest BCUT2D eigenvalue weighted by molar-refractivity contribution is 5.94. The van der Waals surface area contributed by atoms with Crippen molar-refractivity contribution in [2.45, 2.75) is 33.6 Å². The van der Waals surface area contributed by atoms with Crippen molar-refractivity contribution in [2.24, 2.45) is 11.3 Å². The molecule has 1 aromatic rings. The predicted molar refractivity (Wildman–Crippen MR) is 62.2 cm³/mol. The van der Waals surface area contributed by atoms with Crippen LogP contribution in [-0.4, -0.2) is 22.6 Å². The van der Waals surface area contributed by atoms with Crippen LogP contribution in [0.1, 0.15) is 42.7 Å². The third-order valence-corrected chi connectivity index (χ3v) is 3.79. The summed E-state index contributed by atoms with van der Waals surface area (Å²) in [5, 5.41) is 9.64. The zero-order valence-corrected chi connectivity index (χ0v) is 10.1. The molecule has 1 aromatic heterocycles. The monoisotopic (exact) mass is 221 g/mol. The van der Waals surface area contributed by atoms with Crippen LogP contribution in [0.3, 0.4) is 0 Å². The van der Waals surface area contributed by atoms with Crippen molar-refractivity contribution in [1.29, 1.82) is 0 Å². The van der Waals surface area contributed by atoms with Crippen molar-refractivity contribution >= 4 is 5.91 Å². The fraction of sp³-hybridized carbons (Fsp3) is 0.667. The van der Waals surface area contributed by atoms with Crippen molar-refractivity contribution in [2.75, 3.05) is 6.54 Å². The van der Waals surface area contributed by atoms with Crippen LogP contribution in [-0.2, 0) is 0 Å². The summed E-state index contributed by atoms with van der Waals surface area (Å²) in [6.45, 7) is 7.09. The third kappa shape index (κ3) is 1.96. The Balaban J connectivity index is 1.92. The fourth-order valence-corrected chi connectivity index (χ4v) is 2.05. The van der Waals surface area contributed by atoms with E-state index in [1.165, 1.54) is 12.8 Å². The molecule has 0 unspecified atom stereocenters. The highest BCUT2D eigenvalue weighted by Crippen LogP contribution is 2.51. The molecule has 0 atom stereocenters. The fourth-order valence-electron chi connectivity index (χ4n) is 2.05. The van der Waals surface area contributed by atoms with Crippen molar-refractivity contribution in [3.05, 3.63) is 17.5 Å². The van der Waals surface area contributed by atoms with Gasteiger partial charge < -0.3 is 5.32 Å². The summed E-state index contributed by atoms with van der Waals surface area (Å²) >= 11 is 0. The predicted octanol–water partition coefficient (Wildman–Crippen LogP) is 1.88. The van der Waals surface area contributed by atoms with Gasteiger partial charge in [-0.05, 0) is 31.1 Å². The van der Waals surface area contributed by atoms with Gasteiger partial charge in [0.1, 0.15) is 0 Å². The average Bonchev–Trinajstić information content (AvgIpc) is 2.92. The van der Waals surface area contributed by atoms with Gasteiger partial charge in [-0.3, -0.25) is 9.89 Å². The second-order valence-corrected chi connectivity index (χ2v) is 5.11. The first-order chi connectivity index (χ1) is 7.55. The highest BCUT2D eigenvalue weighted by atomic mass is 16.1. The average molecular weight is 221 g/mol. The smallest absolute Gasteiger partial charge is 0.254 e. The minimum Gasteiger partial charge on any atom is -0.351 e. The van der Waals surface area contributed by atoms with Crippen LogP contribution in [0.4, 0.5) is 0 Å². The molecule has 0 spiro atoms. The lowest BCUT2D eigenvalue weighted by molar-refractivity contribution is 0.0939. The first-order valence-corrected chi connectivity index (χ1v) is 5.83. The number of rotatable bonds is 4. The molecule has 4 nitrogen and oxygen atoms in total. The van der Waals surface area contributed by atoms with Crippen LogP contribution in [0.15, 0.2) is 6.20 Å². The van der Waals surface area contributed by atoms with Gasteiger partial charge in [0, 0.05) is 12.2 Å². The number of hydrogen-bond acceptors (Lipinski definition) is 2. The minimum absolute atomic E-state index is 0.0156. The highest BCUT2D eigenvalue weighted by Gasteiger charge is 2.45. The van der Waals surface area contributed by atoms with Crippen LogP contribution < -0.4 is 5.32 Å². The van der Waals surface area contributed by atoms with Crippen LogP contribution >= 0.6 is 0 Å². The number of aryl methyl sites for hydroxylation is 1. The molecule has 2 N–H and O–H groups in total. The van der Waals surface area contributed by atoms with E-state index in [0.717, 1.165) is 12.2 Å². The Kier molecular flexibility index (Phi) is 2.74. The van der Waals surface area contributed by atoms with E-state index in [2.05, 4.69) is 29.4 Å². The van der Waals surface area contributed by atoms with E-state index in [9.17, 15) is 4.79 Å². The maximum absolute atomic E-state index is 11.9. The lowest BCUT2D eigenvalue weighted by Gasteiger charge is -2.19. The summed E-state index contributed by atoms with van der Waals surface area (Å²) in [6, 6.07) is 0. The molecule has 1 aliphatic rings. The number of amides is 1. The SMILES string of the molecule is Cc1[nH]ncc1C(=O)NCC1(C(C)C)CC1. The zero-order chi connectivity index (χ0) is 11.8. The molecule has 1 aliphatic carbocycles. The summed E-state index contributed by atoms with van der Waals surface area (Å²) in [7, 11) is 0. The van der Waals surface area contributed by atoms with E-state index < -0.39 is 0 Å². The van der Waals surface area contributed by atoms with Crippen LogP contribution in [0.5, 0.6) is 0 Å². The second kappa shape index (κ2) is 3.92. The van der Waals surface area contributed by atoms with Gasteiger partial charge in [0.2, 0.25) is 0 Å². The largest absolute Gasteiger partial charge is 0.351 e. The maximum atomic E-state index is 11.9. The molecule has 0 bridgehead atoms. The molecular weight excluding hydrogens is 202 g/mol. The summed E-state index contributed by atoms with van der Waals surface area (Å²) in [6.07, 6.45) is 4.05. The molecule has 0 aliphatic heterocycles. The Labute approximate surface area is 95.8 Å². The molecule has 2 rings (SSSR count). The first kappa shape index (κ1) is 11.2. The molecule has 0 radical (unpaired) electrons. The normalized spacial score (nSPS) is 17.5. The number of H-pyrrole nitrogens is 1. The van der Waals surface area contributed by atoms with Gasteiger partial charge in [-0.2, -0.15) is 5.10 Å². The van der Waals surface area contributed by atoms with Gasteiger partial charge in [-0.25, -0.2) is 0 Å². The molecule has 1 amide bonds. The molecule has 0 saturated heterocycles. The summed E-state index contributed by atoms with van der Waals surface area (Å²) in [4.78, 5) is 11.9. The number of nitrogens with one attached hydrogen (secondary N) is 2. The Morgan fingerprint density at radius 2 is 2.31 bits per heavy atom.